The molecule has 0 saturated heterocycles. The minimum atomic E-state index is -0.905. The molecule has 0 bridgehead atoms. The fraction of sp³-hybridized carbons (Fsp3) is 0.625. The van der Waals surface area contributed by atoms with Crippen LogP contribution in [-0.2, 0) is 4.65 Å². The Balaban J connectivity index is 2.39. The molecule has 0 amide bonds. The first-order chi connectivity index (χ1) is 10.3. The van der Waals surface area contributed by atoms with Gasteiger partial charge in [0, 0.05) is 13.1 Å². The first kappa shape index (κ1) is 19.0. The van der Waals surface area contributed by atoms with Crippen molar-refractivity contribution in [2.24, 2.45) is 0 Å². The molecule has 0 radical (unpaired) electrons. The summed E-state index contributed by atoms with van der Waals surface area (Å²) in [5.41, 5.74) is -0.499. The maximum atomic E-state index is 10.1. The Morgan fingerprint density at radius 3 is 2.27 bits per heavy atom. The number of ether oxygens (including phenoxy) is 1. The largest absolute Gasteiger partial charge is 0.492 e. The maximum Gasteiger partial charge on any atom is 0.309 e. The lowest BCUT2D eigenvalue weighted by atomic mass is 9.82. The van der Waals surface area contributed by atoms with Gasteiger partial charge in [0.25, 0.3) is 0 Å². The van der Waals surface area contributed by atoms with E-state index in [1.807, 2.05) is 38.1 Å². The van der Waals surface area contributed by atoms with Crippen molar-refractivity contribution in [1.82, 2.24) is 5.32 Å². The van der Waals surface area contributed by atoms with Gasteiger partial charge in [-0.1, -0.05) is 17.6 Å². The van der Waals surface area contributed by atoms with Crippen LogP contribution in [0.1, 0.15) is 27.7 Å². The number of aliphatic hydroxyl groups excluding tert-OH is 1. The van der Waals surface area contributed by atoms with Crippen molar-refractivity contribution in [3.8, 4) is 5.75 Å². The second kappa shape index (κ2) is 8.53. The third kappa shape index (κ3) is 6.36. The Kier molecular flexibility index (Phi) is 7.36. The lowest BCUT2D eigenvalue weighted by Gasteiger charge is -2.37. The van der Waals surface area contributed by atoms with Crippen molar-refractivity contribution in [2.75, 3.05) is 26.3 Å². The van der Waals surface area contributed by atoms with Crippen LogP contribution in [0.25, 0.3) is 0 Å². The second-order valence-corrected chi connectivity index (χ2v) is 6.32. The average molecular weight is 309 g/mol. The first-order valence-electron chi connectivity index (χ1n) is 7.66. The molecule has 1 aromatic rings. The van der Waals surface area contributed by atoms with E-state index in [1.54, 1.807) is 13.8 Å². The fourth-order valence-corrected chi connectivity index (χ4v) is 1.57. The molecule has 0 aliphatic carbocycles. The van der Waals surface area contributed by atoms with E-state index in [9.17, 15) is 5.11 Å². The van der Waals surface area contributed by atoms with Crippen LogP contribution in [0.3, 0.4) is 0 Å². The van der Waals surface area contributed by atoms with E-state index in [2.05, 4.69) is 5.32 Å². The zero-order chi connectivity index (χ0) is 16.6. The van der Waals surface area contributed by atoms with Crippen LogP contribution in [0.2, 0.25) is 0 Å². The number of benzene rings is 1. The van der Waals surface area contributed by atoms with Gasteiger partial charge >= 0.3 is 7.48 Å². The molecule has 0 fully saturated rings. The van der Waals surface area contributed by atoms with Gasteiger partial charge in [0.05, 0.1) is 17.8 Å². The highest BCUT2D eigenvalue weighted by atomic mass is 16.5. The normalized spacial score (nSPS) is 12.3. The summed E-state index contributed by atoms with van der Waals surface area (Å²) in [6.07, 6.45) is 0. The van der Waals surface area contributed by atoms with Gasteiger partial charge in [-0.15, -0.1) is 0 Å². The van der Waals surface area contributed by atoms with Gasteiger partial charge in [0.2, 0.25) is 0 Å². The van der Waals surface area contributed by atoms with Crippen LogP contribution in [0.5, 0.6) is 5.75 Å². The Bertz CT molecular complexity index is 429. The van der Waals surface area contributed by atoms with Gasteiger partial charge in [-0.2, -0.15) is 0 Å². The lowest BCUT2D eigenvalue weighted by Crippen LogP contribution is -2.49. The number of rotatable bonds is 10. The minimum Gasteiger partial charge on any atom is -0.492 e. The molecule has 0 aromatic heterocycles. The smallest absolute Gasteiger partial charge is 0.309 e. The second-order valence-electron chi connectivity index (χ2n) is 6.32. The fourth-order valence-electron chi connectivity index (χ4n) is 1.57. The van der Waals surface area contributed by atoms with Gasteiger partial charge in [-0.3, -0.25) is 0 Å². The zero-order valence-electron chi connectivity index (χ0n) is 14.1. The van der Waals surface area contributed by atoms with Crippen molar-refractivity contribution < 1.29 is 19.6 Å². The standard InChI is InChI=1S/C16H28BNO4/c1-15(2,20)16(3,4)22-17-13-5-7-14(8-6-13)21-12-10-18-9-11-19/h5-8,17-20H,9-12H2,1-4H3. The Labute approximate surface area is 133 Å². The van der Waals surface area contributed by atoms with Crippen molar-refractivity contribution in [2.45, 2.75) is 38.9 Å². The topological polar surface area (TPSA) is 71.0 Å². The monoisotopic (exact) mass is 309 g/mol. The highest BCUT2D eigenvalue weighted by Gasteiger charge is 2.35. The molecule has 0 saturated carbocycles. The summed E-state index contributed by atoms with van der Waals surface area (Å²) in [6.45, 7) is 9.22. The van der Waals surface area contributed by atoms with E-state index in [0.717, 1.165) is 11.2 Å². The number of aliphatic hydroxyl groups is 2. The SMILES string of the molecule is CC(C)(O)C(C)(C)OBc1ccc(OCCNCCO)cc1. The first-order valence-corrected chi connectivity index (χ1v) is 7.66. The van der Waals surface area contributed by atoms with Crippen LogP contribution in [0, 0.1) is 0 Å². The molecular weight excluding hydrogens is 281 g/mol. The Hall–Kier alpha value is -1.08. The number of hydrogen-bond donors (Lipinski definition) is 3. The lowest BCUT2D eigenvalue weighted by molar-refractivity contribution is -0.0893. The molecule has 0 aliphatic heterocycles. The highest BCUT2D eigenvalue weighted by molar-refractivity contribution is 6.47. The zero-order valence-corrected chi connectivity index (χ0v) is 14.1. The van der Waals surface area contributed by atoms with E-state index < -0.39 is 11.2 Å². The quantitative estimate of drug-likeness (QED) is 0.425. The van der Waals surface area contributed by atoms with Crippen LogP contribution in [0.15, 0.2) is 24.3 Å². The van der Waals surface area contributed by atoms with Gasteiger partial charge in [-0.05, 0) is 39.8 Å². The Morgan fingerprint density at radius 1 is 1.09 bits per heavy atom. The summed E-state index contributed by atoms with van der Waals surface area (Å²) in [5, 5.41) is 21.7. The maximum absolute atomic E-state index is 10.1. The molecule has 5 nitrogen and oxygen atoms in total. The van der Waals surface area contributed by atoms with Gasteiger partial charge in [-0.25, -0.2) is 0 Å². The molecule has 0 heterocycles. The third-order valence-electron chi connectivity index (χ3n) is 3.83. The highest BCUT2D eigenvalue weighted by Crippen LogP contribution is 2.24. The molecule has 22 heavy (non-hydrogen) atoms. The van der Waals surface area contributed by atoms with Crippen molar-refractivity contribution in [3.63, 3.8) is 0 Å². The predicted octanol–water partition coefficient (Wildman–Crippen LogP) is 0.190. The molecule has 0 spiro atoms. The summed E-state index contributed by atoms with van der Waals surface area (Å²) >= 11 is 0. The minimum absolute atomic E-state index is 0.135. The molecular formula is C16H28BNO4. The third-order valence-corrected chi connectivity index (χ3v) is 3.83. The average Bonchev–Trinajstić information content (AvgIpc) is 2.45. The van der Waals surface area contributed by atoms with Gasteiger partial charge < -0.3 is 24.9 Å². The van der Waals surface area contributed by atoms with Crippen molar-refractivity contribution in [3.05, 3.63) is 24.3 Å². The van der Waals surface area contributed by atoms with Crippen molar-refractivity contribution >= 4 is 12.9 Å². The number of nitrogens with one attached hydrogen (secondary N) is 1. The molecule has 0 unspecified atom stereocenters. The number of hydrogen-bond acceptors (Lipinski definition) is 5. The van der Waals surface area contributed by atoms with Crippen LogP contribution in [-0.4, -0.2) is 55.2 Å². The summed E-state index contributed by atoms with van der Waals surface area (Å²) in [4.78, 5) is 0. The molecule has 0 atom stereocenters. The summed E-state index contributed by atoms with van der Waals surface area (Å²) < 4.78 is 11.4. The molecule has 0 aliphatic rings. The van der Waals surface area contributed by atoms with Crippen LogP contribution in [0.4, 0.5) is 0 Å². The van der Waals surface area contributed by atoms with E-state index in [4.69, 9.17) is 14.5 Å². The van der Waals surface area contributed by atoms with E-state index in [0.29, 0.717) is 27.2 Å². The van der Waals surface area contributed by atoms with Crippen LogP contribution < -0.4 is 15.5 Å². The molecule has 6 heteroatoms. The summed E-state index contributed by atoms with van der Waals surface area (Å²) in [5.74, 6) is 0.802. The summed E-state index contributed by atoms with van der Waals surface area (Å²) in [7, 11) is 0.440. The predicted molar refractivity (Wildman–Crippen MR) is 90.1 cm³/mol. The molecule has 124 valence electrons. The van der Waals surface area contributed by atoms with E-state index >= 15 is 0 Å². The van der Waals surface area contributed by atoms with Crippen LogP contribution >= 0.6 is 0 Å². The van der Waals surface area contributed by atoms with Gasteiger partial charge in [0.15, 0.2) is 0 Å². The van der Waals surface area contributed by atoms with E-state index in [1.165, 1.54) is 0 Å². The molecule has 1 aromatic carbocycles. The van der Waals surface area contributed by atoms with E-state index in [-0.39, 0.29) is 6.61 Å². The molecule has 1 rings (SSSR count). The van der Waals surface area contributed by atoms with Crippen molar-refractivity contribution in [1.29, 1.82) is 0 Å². The van der Waals surface area contributed by atoms with Gasteiger partial charge in [0.1, 0.15) is 12.4 Å². The summed E-state index contributed by atoms with van der Waals surface area (Å²) in [6, 6.07) is 7.72. The molecule has 3 N–H and O–H groups in total. The Morgan fingerprint density at radius 2 is 1.73 bits per heavy atom.